The molecule has 0 fully saturated rings. The fourth-order valence-electron chi connectivity index (χ4n) is 3.16. The van der Waals surface area contributed by atoms with Crippen LogP contribution >= 0.6 is 23.4 Å². The second-order valence-electron chi connectivity index (χ2n) is 6.55. The SMILES string of the molecule is CCCn1c(=O)c2ccccc2n2c(SCC(=O)Nc3ccc(Cl)cc3F)nnc12. The van der Waals surface area contributed by atoms with Gasteiger partial charge in [-0.05, 0) is 36.8 Å². The highest BCUT2D eigenvalue weighted by Gasteiger charge is 2.17. The van der Waals surface area contributed by atoms with Crippen molar-refractivity contribution in [3.8, 4) is 0 Å². The molecule has 154 valence electrons. The summed E-state index contributed by atoms with van der Waals surface area (Å²) < 4.78 is 17.3. The van der Waals surface area contributed by atoms with Crippen molar-refractivity contribution in [1.82, 2.24) is 19.2 Å². The van der Waals surface area contributed by atoms with Crippen molar-refractivity contribution < 1.29 is 9.18 Å². The van der Waals surface area contributed by atoms with Gasteiger partial charge in [-0.3, -0.25) is 18.6 Å². The number of benzene rings is 2. The number of hydrogen-bond donors (Lipinski definition) is 1. The average Bonchev–Trinajstić information content (AvgIpc) is 3.16. The monoisotopic (exact) mass is 445 g/mol. The number of nitrogens with zero attached hydrogens (tertiary/aromatic N) is 4. The number of aryl methyl sites for hydroxylation is 1. The molecule has 7 nitrogen and oxygen atoms in total. The summed E-state index contributed by atoms with van der Waals surface area (Å²) in [6.07, 6.45) is 0.762. The molecular formula is C20H17ClFN5O2S. The molecule has 0 aliphatic carbocycles. The minimum absolute atomic E-state index is 0.00983. The van der Waals surface area contributed by atoms with Crippen LogP contribution in [0.1, 0.15) is 13.3 Å². The average molecular weight is 446 g/mol. The Morgan fingerprint density at radius 1 is 1.23 bits per heavy atom. The minimum Gasteiger partial charge on any atom is -0.323 e. The highest BCUT2D eigenvalue weighted by molar-refractivity contribution is 7.99. The van der Waals surface area contributed by atoms with E-state index in [4.69, 9.17) is 11.6 Å². The summed E-state index contributed by atoms with van der Waals surface area (Å²) in [5, 5.41) is 12.2. The molecule has 1 N–H and O–H groups in total. The van der Waals surface area contributed by atoms with Crippen LogP contribution in [0.15, 0.2) is 52.4 Å². The van der Waals surface area contributed by atoms with Gasteiger partial charge in [0.25, 0.3) is 5.56 Å². The van der Waals surface area contributed by atoms with Crippen LogP contribution in [0.3, 0.4) is 0 Å². The van der Waals surface area contributed by atoms with Gasteiger partial charge in [0, 0.05) is 11.6 Å². The largest absolute Gasteiger partial charge is 0.323 e. The standard InChI is InChI=1S/C20H17ClFN5O2S/c1-2-9-26-18(29)13-5-3-4-6-16(13)27-19(26)24-25-20(27)30-11-17(28)23-15-8-7-12(21)10-14(15)22/h3-8,10H,2,9,11H2,1H3,(H,23,28). The summed E-state index contributed by atoms with van der Waals surface area (Å²) in [5.74, 6) is -0.593. The normalized spacial score (nSPS) is 11.3. The number of thioether (sulfide) groups is 1. The zero-order chi connectivity index (χ0) is 21.3. The lowest BCUT2D eigenvalue weighted by Crippen LogP contribution is -2.23. The predicted octanol–water partition coefficient (Wildman–Crippen LogP) is 3.98. The first-order chi connectivity index (χ1) is 14.5. The van der Waals surface area contributed by atoms with E-state index < -0.39 is 11.7 Å². The molecule has 4 aromatic rings. The van der Waals surface area contributed by atoms with Gasteiger partial charge in [-0.2, -0.15) is 0 Å². The second kappa shape index (κ2) is 8.45. The molecule has 0 atom stereocenters. The van der Waals surface area contributed by atoms with Crippen molar-refractivity contribution in [1.29, 1.82) is 0 Å². The van der Waals surface area contributed by atoms with Gasteiger partial charge in [-0.25, -0.2) is 4.39 Å². The maximum Gasteiger partial charge on any atom is 0.262 e. The number of carbonyl (C=O) groups is 1. The first-order valence-electron chi connectivity index (χ1n) is 9.24. The van der Waals surface area contributed by atoms with Crippen LogP contribution in [-0.4, -0.2) is 30.8 Å². The van der Waals surface area contributed by atoms with Gasteiger partial charge in [-0.1, -0.05) is 42.4 Å². The summed E-state index contributed by atoms with van der Waals surface area (Å²) in [6, 6.07) is 11.2. The fourth-order valence-corrected chi connectivity index (χ4v) is 4.06. The highest BCUT2D eigenvalue weighted by atomic mass is 35.5. The zero-order valence-electron chi connectivity index (χ0n) is 15.9. The van der Waals surface area contributed by atoms with Crippen LogP contribution in [0.4, 0.5) is 10.1 Å². The predicted molar refractivity (Wildman–Crippen MR) is 116 cm³/mol. The Balaban J connectivity index is 1.65. The van der Waals surface area contributed by atoms with Gasteiger partial charge >= 0.3 is 0 Å². The molecule has 0 aliphatic heterocycles. The van der Waals surface area contributed by atoms with Crippen LogP contribution in [0, 0.1) is 5.82 Å². The third kappa shape index (κ3) is 3.78. The van der Waals surface area contributed by atoms with E-state index >= 15 is 0 Å². The van der Waals surface area contributed by atoms with E-state index in [9.17, 15) is 14.0 Å². The number of halogens is 2. The second-order valence-corrected chi connectivity index (χ2v) is 7.93. The maximum absolute atomic E-state index is 13.9. The first-order valence-corrected chi connectivity index (χ1v) is 10.6. The van der Waals surface area contributed by atoms with Gasteiger partial charge in [0.2, 0.25) is 11.7 Å². The van der Waals surface area contributed by atoms with Crippen molar-refractivity contribution in [2.24, 2.45) is 0 Å². The molecule has 2 aromatic carbocycles. The van der Waals surface area contributed by atoms with Gasteiger partial charge in [0.05, 0.1) is 22.3 Å². The summed E-state index contributed by atoms with van der Waals surface area (Å²) in [4.78, 5) is 25.2. The van der Waals surface area contributed by atoms with Crippen LogP contribution in [0.25, 0.3) is 16.7 Å². The smallest absolute Gasteiger partial charge is 0.262 e. The third-order valence-corrected chi connectivity index (χ3v) is 5.63. The van der Waals surface area contributed by atoms with Crippen molar-refractivity contribution in [3.63, 3.8) is 0 Å². The third-order valence-electron chi connectivity index (χ3n) is 4.46. The lowest BCUT2D eigenvalue weighted by molar-refractivity contribution is -0.113. The molecule has 30 heavy (non-hydrogen) atoms. The van der Waals surface area contributed by atoms with Gasteiger partial charge in [-0.15, -0.1) is 10.2 Å². The van der Waals surface area contributed by atoms with E-state index in [1.807, 2.05) is 19.1 Å². The molecule has 0 bridgehead atoms. The molecule has 0 radical (unpaired) electrons. The van der Waals surface area contributed by atoms with E-state index in [-0.39, 0.29) is 22.0 Å². The molecule has 1 amide bonds. The maximum atomic E-state index is 13.9. The van der Waals surface area contributed by atoms with E-state index in [1.165, 1.54) is 12.1 Å². The molecule has 0 unspecified atom stereocenters. The molecule has 4 rings (SSSR count). The number of hydrogen-bond acceptors (Lipinski definition) is 5. The lowest BCUT2D eigenvalue weighted by atomic mass is 10.2. The quantitative estimate of drug-likeness (QED) is 0.454. The Kier molecular flexibility index (Phi) is 5.74. The molecule has 10 heteroatoms. The number of anilines is 1. The number of amides is 1. The summed E-state index contributed by atoms with van der Waals surface area (Å²) >= 11 is 6.89. The van der Waals surface area contributed by atoms with E-state index in [2.05, 4.69) is 15.5 Å². The van der Waals surface area contributed by atoms with Gasteiger partial charge in [0.1, 0.15) is 5.82 Å². The first kappa shape index (κ1) is 20.4. The van der Waals surface area contributed by atoms with E-state index in [1.54, 1.807) is 21.1 Å². The molecule has 2 heterocycles. The van der Waals surface area contributed by atoms with Crippen LogP contribution in [0.2, 0.25) is 5.02 Å². The number of nitrogens with one attached hydrogen (secondary N) is 1. The fraction of sp³-hybridized carbons (Fsp3) is 0.200. The Morgan fingerprint density at radius 3 is 2.80 bits per heavy atom. The Morgan fingerprint density at radius 2 is 2.03 bits per heavy atom. The van der Waals surface area contributed by atoms with Crippen molar-refractivity contribution >= 4 is 51.6 Å². The van der Waals surface area contributed by atoms with Gasteiger partial charge < -0.3 is 5.32 Å². The number of carbonyl (C=O) groups excluding carboxylic acids is 1. The summed E-state index contributed by atoms with van der Waals surface area (Å²) in [5.41, 5.74) is 0.597. The van der Waals surface area contributed by atoms with Crippen molar-refractivity contribution in [2.45, 2.75) is 25.0 Å². The Labute approximate surface area is 179 Å². The number of aromatic nitrogens is 4. The number of fused-ring (bicyclic) bond motifs is 3. The summed E-state index contributed by atoms with van der Waals surface area (Å²) in [7, 11) is 0. The Hall–Kier alpha value is -2.91. The Bertz CT molecular complexity index is 1320. The number of rotatable bonds is 6. The van der Waals surface area contributed by atoms with Crippen LogP contribution < -0.4 is 10.9 Å². The van der Waals surface area contributed by atoms with E-state index in [0.717, 1.165) is 24.2 Å². The molecular weight excluding hydrogens is 429 g/mol. The van der Waals surface area contributed by atoms with Crippen molar-refractivity contribution in [2.75, 3.05) is 11.1 Å². The molecule has 0 aliphatic rings. The van der Waals surface area contributed by atoms with Crippen molar-refractivity contribution in [3.05, 3.63) is 63.7 Å². The molecule has 2 aromatic heterocycles. The summed E-state index contributed by atoms with van der Waals surface area (Å²) in [6.45, 7) is 2.48. The van der Waals surface area contributed by atoms with Crippen LogP contribution in [0.5, 0.6) is 0 Å². The number of para-hydroxylation sites is 1. The van der Waals surface area contributed by atoms with Gasteiger partial charge in [0.15, 0.2) is 5.16 Å². The highest BCUT2D eigenvalue weighted by Crippen LogP contribution is 2.23. The molecule has 0 saturated heterocycles. The topological polar surface area (TPSA) is 81.3 Å². The zero-order valence-corrected chi connectivity index (χ0v) is 17.5. The lowest BCUT2D eigenvalue weighted by Gasteiger charge is -2.10. The van der Waals surface area contributed by atoms with E-state index in [0.29, 0.717) is 28.4 Å². The molecule has 0 saturated carbocycles. The minimum atomic E-state index is -0.608. The molecule has 0 spiro atoms. The van der Waals surface area contributed by atoms with Crippen LogP contribution in [-0.2, 0) is 11.3 Å².